The van der Waals surface area contributed by atoms with E-state index in [1.807, 2.05) is 30.3 Å². The van der Waals surface area contributed by atoms with E-state index in [4.69, 9.17) is 10.5 Å². The maximum Gasteiger partial charge on any atom is 0.124 e. The number of aryl methyl sites for hydroxylation is 1. The summed E-state index contributed by atoms with van der Waals surface area (Å²) in [5.41, 5.74) is 9.17. The van der Waals surface area contributed by atoms with Crippen molar-refractivity contribution >= 4 is 0 Å². The molecule has 0 saturated heterocycles. The molecule has 0 aliphatic carbocycles. The van der Waals surface area contributed by atoms with Crippen LogP contribution in [-0.2, 0) is 13.2 Å². The minimum Gasteiger partial charge on any atom is -0.489 e. The maximum absolute atomic E-state index is 5.81. The molecule has 2 nitrogen and oxygen atoms in total. The van der Waals surface area contributed by atoms with Crippen molar-refractivity contribution in [1.29, 1.82) is 0 Å². The summed E-state index contributed by atoms with van der Waals surface area (Å²) in [6.07, 6.45) is 0. The summed E-state index contributed by atoms with van der Waals surface area (Å²) in [5, 5.41) is 0. The van der Waals surface area contributed by atoms with Gasteiger partial charge in [0, 0.05) is 12.1 Å². The molecule has 0 bridgehead atoms. The fraction of sp³-hybridized carbons (Fsp3) is 0.200. The number of hydrogen-bond acceptors (Lipinski definition) is 2. The van der Waals surface area contributed by atoms with Gasteiger partial charge >= 0.3 is 0 Å². The molecule has 0 heterocycles. The zero-order valence-electron chi connectivity index (χ0n) is 10.0. The van der Waals surface area contributed by atoms with E-state index >= 15 is 0 Å². The molecule has 0 unspecified atom stereocenters. The summed E-state index contributed by atoms with van der Waals surface area (Å²) in [4.78, 5) is 0. The Morgan fingerprint density at radius 1 is 1.00 bits per heavy atom. The molecule has 0 aliphatic heterocycles. The van der Waals surface area contributed by atoms with E-state index in [2.05, 4.69) is 25.1 Å². The molecule has 0 fully saturated rings. The molecule has 0 radical (unpaired) electrons. The molecule has 17 heavy (non-hydrogen) atoms. The monoisotopic (exact) mass is 227 g/mol. The van der Waals surface area contributed by atoms with Gasteiger partial charge in [0.15, 0.2) is 0 Å². The standard InChI is InChI=1S/C15H17NO/c1-12-6-5-9-15(14(12)10-16)17-11-13-7-3-2-4-8-13/h2-9H,10-11,16H2,1H3. The fourth-order valence-electron chi connectivity index (χ4n) is 1.81. The number of rotatable bonds is 4. The van der Waals surface area contributed by atoms with Crippen molar-refractivity contribution in [3.63, 3.8) is 0 Å². The van der Waals surface area contributed by atoms with Gasteiger partial charge in [-0.25, -0.2) is 0 Å². The SMILES string of the molecule is Cc1cccc(OCc2ccccc2)c1CN. The summed E-state index contributed by atoms with van der Waals surface area (Å²) in [5.74, 6) is 0.886. The van der Waals surface area contributed by atoms with E-state index < -0.39 is 0 Å². The molecule has 88 valence electrons. The van der Waals surface area contributed by atoms with Crippen LogP contribution in [0.2, 0.25) is 0 Å². The molecule has 2 rings (SSSR count). The summed E-state index contributed by atoms with van der Waals surface area (Å²) >= 11 is 0. The van der Waals surface area contributed by atoms with E-state index in [0.29, 0.717) is 13.2 Å². The van der Waals surface area contributed by atoms with Crippen LogP contribution in [0.1, 0.15) is 16.7 Å². The average molecular weight is 227 g/mol. The molecular formula is C15H17NO. The number of hydrogen-bond donors (Lipinski definition) is 1. The molecule has 2 aromatic rings. The molecule has 2 aromatic carbocycles. The molecule has 2 N–H and O–H groups in total. The summed E-state index contributed by atoms with van der Waals surface area (Å²) in [6, 6.07) is 16.2. The zero-order chi connectivity index (χ0) is 12.1. The lowest BCUT2D eigenvalue weighted by molar-refractivity contribution is 0.303. The van der Waals surface area contributed by atoms with Gasteiger partial charge in [-0.15, -0.1) is 0 Å². The Morgan fingerprint density at radius 2 is 1.76 bits per heavy atom. The van der Waals surface area contributed by atoms with Crippen molar-refractivity contribution in [1.82, 2.24) is 0 Å². The Morgan fingerprint density at radius 3 is 2.47 bits per heavy atom. The first kappa shape index (κ1) is 11.7. The van der Waals surface area contributed by atoms with Crippen LogP contribution in [0.25, 0.3) is 0 Å². The van der Waals surface area contributed by atoms with Gasteiger partial charge in [0.05, 0.1) is 0 Å². The highest BCUT2D eigenvalue weighted by atomic mass is 16.5. The van der Waals surface area contributed by atoms with Crippen LogP contribution in [0.5, 0.6) is 5.75 Å². The highest BCUT2D eigenvalue weighted by Gasteiger charge is 2.04. The highest BCUT2D eigenvalue weighted by Crippen LogP contribution is 2.22. The largest absolute Gasteiger partial charge is 0.489 e. The van der Waals surface area contributed by atoms with Gasteiger partial charge in [0.25, 0.3) is 0 Å². The van der Waals surface area contributed by atoms with Crippen molar-refractivity contribution in [3.05, 3.63) is 65.2 Å². The quantitative estimate of drug-likeness (QED) is 0.871. The zero-order valence-corrected chi connectivity index (χ0v) is 10.0. The van der Waals surface area contributed by atoms with E-state index in [-0.39, 0.29) is 0 Å². The minimum atomic E-state index is 0.511. The summed E-state index contributed by atoms with van der Waals surface area (Å²) in [7, 11) is 0. The van der Waals surface area contributed by atoms with Gasteiger partial charge in [-0.2, -0.15) is 0 Å². The third-order valence-corrected chi connectivity index (χ3v) is 2.81. The number of nitrogens with two attached hydrogens (primary N) is 1. The third kappa shape index (κ3) is 2.86. The Balaban J connectivity index is 2.12. The molecule has 0 spiro atoms. The Kier molecular flexibility index (Phi) is 3.78. The second kappa shape index (κ2) is 5.51. The van der Waals surface area contributed by atoms with Crippen LogP contribution in [0.15, 0.2) is 48.5 Å². The van der Waals surface area contributed by atoms with Crippen LogP contribution >= 0.6 is 0 Å². The van der Waals surface area contributed by atoms with Gasteiger partial charge < -0.3 is 10.5 Å². The van der Waals surface area contributed by atoms with Crippen LogP contribution in [0.4, 0.5) is 0 Å². The Bertz CT molecular complexity index is 480. The number of benzene rings is 2. The summed E-state index contributed by atoms with van der Waals surface area (Å²) in [6.45, 7) is 3.14. The molecule has 0 atom stereocenters. The minimum absolute atomic E-state index is 0.511. The molecule has 0 saturated carbocycles. The van der Waals surface area contributed by atoms with Crippen LogP contribution < -0.4 is 10.5 Å². The lowest BCUT2D eigenvalue weighted by atomic mass is 10.1. The normalized spacial score (nSPS) is 10.2. The maximum atomic E-state index is 5.81. The van der Waals surface area contributed by atoms with Crippen molar-refractivity contribution in [2.75, 3.05) is 0 Å². The number of ether oxygens (including phenoxy) is 1. The van der Waals surface area contributed by atoms with Crippen molar-refractivity contribution in [3.8, 4) is 5.75 Å². The van der Waals surface area contributed by atoms with Crippen LogP contribution in [0, 0.1) is 6.92 Å². The van der Waals surface area contributed by atoms with Gasteiger partial charge in [0.1, 0.15) is 12.4 Å². The van der Waals surface area contributed by atoms with E-state index in [9.17, 15) is 0 Å². The topological polar surface area (TPSA) is 35.2 Å². The predicted octanol–water partition coefficient (Wildman–Crippen LogP) is 3.03. The smallest absolute Gasteiger partial charge is 0.124 e. The second-order valence-corrected chi connectivity index (χ2v) is 4.03. The van der Waals surface area contributed by atoms with Crippen molar-refractivity contribution in [2.24, 2.45) is 5.73 Å². The van der Waals surface area contributed by atoms with Crippen molar-refractivity contribution in [2.45, 2.75) is 20.1 Å². The molecule has 0 amide bonds. The van der Waals surface area contributed by atoms with E-state index in [1.165, 1.54) is 5.56 Å². The Labute approximate surface area is 102 Å². The van der Waals surface area contributed by atoms with Gasteiger partial charge in [-0.1, -0.05) is 42.5 Å². The molecule has 0 aliphatic rings. The first-order valence-electron chi connectivity index (χ1n) is 5.76. The third-order valence-electron chi connectivity index (χ3n) is 2.81. The van der Waals surface area contributed by atoms with Crippen LogP contribution in [0.3, 0.4) is 0 Å². The highest BCUT2D eigenvalue weighted by molar-refractivity contribution is 5.39. The predicted molar refractivity (Wildman–Crippen MR) is 69.8 cm³/mol. The van der Waals surface area contributed by atoms with Gasteiger partial charge in [-0.3, -0.25) is 0 Å². The van der Waals surface area contributed by atoms with E-state index in [1.54, 1.807) is 0 Å². The van der Waals surface area contributed by atoms with Gasteiger partial charge in [-0.05, 0) is 24.1 Å². The average Bonchev–Trinajstić information content (AvgIpc) is 2.37. The molecule has 0 aromatic heterocycles. The second-order valence-electron chi connectivity index (χ2n) is 4.03. The van der Waals surface area contributed by atoms with Crippen LogP contribution in [-0.4, -0.2) is 0 Å². The fourth-order valence-corrected chi connectivity index (χ4v) is 1.81. The van der Waals surface area contributed by atoms with Gasteiger partial charge in [0.2, 0.25) is 0 Å². The van der Waals surface area contributed by atoms with E-state index in [0.717, 1.165) is 16.9 Å². The summed E-state index contributed by atoms with van der Waals surface area (Å²) < 4.78 is 5.81. The lowest BCUT2D eigenvalue weighted by Gasteiger charge is -2.12. The molecular weight excluding hydrogens is 210 g/mol. The first-order valence-corrected chi connectivity index (χ1v) is 5.76. The first-order chi connectivity index (χ1) is 8.31. The van der Waals surface area contributed by atoms with Crippen molar-refractivity contribution < 1.29 is 4.74 Å². The lowest BCUT2D eigenvalue weighted by Crippen LogP contribution is -2.04. The Hall–Kier alpha value is -1.80. The molecule has 2 heteroatoms.